The van der Waals surface area contributed by atoms with Crippen LogP contribution in [0.2, 0.25) is 0 Å². The van der Waals surface area contributed by atoms with E-state index in [9.17, 15) is 18.0 Å². The third kappa shape index (κ3) is 4.10. The molecule has 1 atom stereocenters. The monoisotopic (exact) mass is 396 g/mol. The lowest BCUT2D eigenvalue weighted by molar-refractivity contribution is -0.121. The number of rotatable bonds is 3. The van der Waals surface area contributed by atoms with Crippen molar-refractivity contribution in [1.82, 2.24) is 10.2 Å². The topological polar surface area (TPSA) is 83.6 Å². The second-order valence-electron chi connectivity index (χ2n) is 5.94. The van der Waals surface area contributed by atoms with Gasteiger partial charge in [-0.05, 0) is 30.2 Å². The molecule has 1 aromatic carbocycles. The van der Waals surface area contributed by atoms with Crippen molar-refractivity contribution in [3.8, 4) is 0 Å². The number of hydrogen-bond donors (Lipinski definition) is 1. The minimum Gasteiger partial charge on any atom is -0.348 e. The summed E-state index contributed by atoms with van der Waals surface area (Å²) in [6.45, 7) is 0. The van der Waals surface area contributed by atoms with Crippen LogP contribution in [-0.4, -0.2) is 54.0 Å². The molecule has 0 saturated carbocycles. The first kappa shape index (κ1) is 18.1. The molecule has 25 heavy (non-hydrogen) atoms. The van der Waals surface area contributed by atoms with Gasteiger partial charge in [-0.1, -0.05) is 36.1 Å². The fourth-order valence-corrected chi connectivity index (χ4v) is 5.46. The average Bonchev–Trinajstić information content (AvgIpc) is 3.02. The Kier molecular flexibility index (Phi) is 4.99. The number of thioether (sulfide) groups is 1. The number of likely N-dealkylation sites (N-methyl/N-ethyl adjacent to an activating group) is 1. The summed E-state index contributed by atoms with van der Waals surface area (Å²) in [6, 6.07) is 6.45. The van der Waals surface area contributed by atoms with E-state index in [0.717, 1.165) is 5.56 Å². The lowest BCUT2D eigenvalue weighted by Crippen LogP contribution is -2.35. The predicted molar refractivity (Wildman–Crippen MR) is 102 cm³/mol. The quantitative estimate of drug-likeness (QED) is 0.615. The Hall–Kier alpha value is -1.71. The van der Waals surface area contributed by atoms with Crippen molar-refractivity contribution in [1.29, 1.82) is 0 Å². The molecule has 2 saturated heterocycles. The van der Waals surface area contributed by atoms with Gasteiger partial charge in [0.1, 0.15) is 4.32 Å². The molecule has 2 aliphatic rings. The van der Waals surface area contributed by atoms with Gasteiger partial charge in [0.2, 0.25) is 0 Å². The molecule has 6 nitrogen and oxygen atoms in total. The number of benzene rings is 1. The predicted octanol–water partition coefficient (Wildman–Crippen LogP) is 1.43. The SMILES string of the molecule is CN1C(=O)/C(=C/c2ccc(C(=O)N[C@@H]3CCS(=O)(=O)C3)cc2)SC1=S. The van der Waals surface area contributed by atoms with Crippen LogP contribution in [0, 0.1) is 0 Å². The van der Waals surface area contributed by atoms with Gasteiger partial charge in [-0.25, -0.2) is 8.42 Å². The van der Waals surface area contributed by atoms with E-state index >= 15 is 0 Å². The fraction of sp³-hybridized carbons (Fsp3) is 0.312. The molecular weight excluding hydrogens is 380 g/mol. The van der Waals surface area contributed by atoms with Crippen LogP contribution in [0.5, 0.6) is 0 Å². The Morgan fingerprint density at radius 2 is 2.04 bits per heavy atom. The summed E-state index contributed by atoms with van der Waals surface area (Å²) >= 11 is 6.32. The third-order valence-electron chi connectivity index (χ3n) is 4.02. The standard InChI is InChI=1S/C16H16N2O4S3/c1-18-15(20)13(24-16(18)23)8-10-2-4-11(5-3-10)14(19)17-12-6-7-25(21,22)9-12/h2-5,8,12H,6-7,9H2,1H3,(H,17,19)/b13-8-/t12-/m1/s1. The molecule has 2 heterocycles. The second kappa shape index (κ2) is 6.89. The summed E-state index contributed by atoms with van der Waals surface area (Å²) in [7, 11) is -1.39. The summed E-state index contributed by atoms with van der Waals surface area (Å²) < 4.78 is 23.4. The van der Waals surface area contributed by atoms with Crippen molar-refractivity contribution in [3.63, 3.8) is 0 Å². The van der Waals surface area contributed by atoms with Gasteiger partial charge in [-0.15, -0.1) is 0 Å². The molecule has 3 rings (SSSR count). The number of amides is 2. The van der Waals surface area contributed by atoms with Crippen LogP contribution in [0.15, 0.2) is 29.2 Å². The number of carbonyl (C=O) groups is 2. The number of carbonyl (C=O) groups excluding carboxylic acids is 2. The number of thiocarbonyl (C=S) groups is 1. The van der Waals surface area contributed by atoms with Crippen molar-refractivity contribution < 1.29 is 18.0 Å². The molecule has 2 fully saturated rings. The lowest BCUT2D eigenvalue weighted by Gasteiger charge is -2.10. The second-order valence-corrected chi connectivity index (χ2v) is 9.84. The minimum absolute atomic E-state index is 0.00428. The van der Waals surface area contributed by atoms with Crippen LogP contribution in [-0.2, 0) is 14.6 Å². The van der Waals surface area contributed by atoms with Crippen molar-refractivity contribution in [2.24, 2.45) is 0 Å². The Morgan fingerprint density at radius 3 is 2.56 bits per heavy atom. The molecule has 1 N–H and O–H groups in total. The molecule has 0 bridgehead atoms. The maximum absolute atomic E-state index is 12.2. The highest BCUT2D eigenvalue weighted by Gasteiger charge is 2.30. The Bertz CT molecular complexity index is 875. The molecule has 9 heteroatoms. The third-order valence-corrected chi connectivity index (χ3v) is 7.28. The van der Waals surface area contributed by atoms with Gasteiger partial charge in [-0.3, -0.25) is 14.5 Å². The molecule has 0 spiro atoms. The van der Waals surface area contributed by atoms with Gasteiger partial charge in [-0.2, -0.15) is 0 Å². The van der Waals surface area contributed by atoms with Crippen molar-refractivity contribution in [2.45, 2.75) is 12.5 Å². The molecular formula is C16H16N2O4S3. The fourth-order valence-electron chi connectivity index (χ4n) is 2.61. The maximum atomic E-state index is 12.2. The summed E-state index contributed by atoms with van der Waals surface area (Å²) in [5.74, 6) is -0.324. The van der Waals surface area contributed by atoms with E-state index in [2.05, 4.69) is 5.32 Å². The van der Waals surface area contributed by atoms with Crippen LogP contribution in [0.4, 0.5) is 0 Å². The zero-order valence-electron chi connectivity index (χ0n) is 13.4. The summed E-state index contributed by atoms with van der Waals surface area (Å²) in [5.41, 5.74) is 1.23. The van der Waals surface area contributed by atoms with Crippen LogP contribution in [0.25, 0.3) is 6.08 Å². The molecule has 132 valence electrons. The number of nitrogens with zero attached hydrogens (tertiary/aromatic N) is 1. The largest absolute Gasteiger partial charge is 0.348 e. The molecule has 0 aromatic heterocycles. The van der Waals surface area contributed by atoms with E-state index in [4.69, 9.17) is 12.2 Å². The van der Waals surface area contributed by atoms with Crippen LogP contribution >= 0.6 is 24.0 Å². The van der Waals surface area contributed by atoms with Crippen LogP contribution < -0.4 is 5.32 Å². The molecule has 0 radical (unpaired) electrons. The van der Waals surface area contributed by atoms with E-state index in [-0.39, 0.29) is 29.4 Å². The Labute approximate surface area is 155 Å². The summed E-state index contributed by atoms with van der Waals surface area (Å²) in [6.07, 6.45) is 2.18. The van der Waals surface area contributed by atoms with Gasteiger partial charge in [0.05, 0.1) is 16.4 Å². The van der Waals surface area contributed by atoms with Crippen LogP contribution in [0.3, 0.4) is 0 Å². The number of nitrogens with one attached hydrogen (secondary N) is 1. The average molecular weight is 397 g/mol. The highest BCUT2D eigenvalue weighted by atomic mass is 32.2. The van der Waals surface area contributed by atoms with Crippen molar-refractivity contribution in [2.75, 3.05) is 18.6 Å². The minimum atomic E-state index is -3.03. The highest BCUT2D eigenvalue weighted by molar-refractivity contribution is 8.26. The molecule has 1 aromatic rings. The zero-order valence-corrected chi connectivity index (χ0v) is 15.8. The molecule has 2 aliphatic heterocycles. The van der Waals surface area contributed by atoms with Gasteiger partial charge >= 0.3 is 0 Å². The number of hydrogen-bond acceptors (Lipinski definition) is 6. The van der Waals surface area contributed by atoms with Gasteiger partial charge in [0.15, 0.2) is 9.84 Å². The zero-order chi connectivity index (χ0) is 18.2. The smallest absolute Gasteiger partial charge is 0.265 e. The lowest BCUT2D eigenvalue weighted by atomic mass is 10.1. The Balaban J connectivity index is 1.67. The first-order chi connectivity index (χ1) is 11.7. The van der Waals surface area contributed by atoms with E-state index < -0.39 is 9.84 Å². The van der Waals surface area contributed by atoms with Crippen molar-refractivity contribution >= 4 is 56.0 Å². The van der Waals surface area contributed by atoms with Gasteiger partial charge in [0.25, 0.3) is 11.8 Å². The maximum Gasteiger partial charge on any atom is 0.265 e. The van der Waals surface area contributed by atoms with E-state index in [1.165, 1.54) is 16.7 Å². The summed E-state index contributed by atoms with van der Waals surface area (Å²) in [5, 5.41) is 2.75. The van der Waals surface area contributed by atoms with Gasteiger partial charge < -0.3 is 5.32 Å². The number of sulfone groups is 1. The molecule has 0 aliphatic carbocycles. The Morgan fingerprint density at radius 1 is 1.36 bits per heavy atom. The first-order valence-electron chi connectivity index (χ1n) is 7.58. The van der Waals surface area contributed by atoms with E-state index in [1.54, 1.807) is 37.4 Å². The highest BCUT2D eigenvalue weighted by Crippen LogP contribution is 2.31. The first-order valence-corrected chi connectivity index (χ1v) is 10.6. The summed E-state index contributed by atoms with van der Waals surface area (Å²) in [4.78, 5) is 26.1. The van der Waals surface area contributed by atoms with Crippen molar-refractivity contribution in [3.05, 3.63) is 40.3 Å². The van der Waals surface area contributed by atoms with E-state index in [1.807, 2.05) is 0 Å². The molecule has 0 unspecified atom stereocenters. The van der Waals surface area contributed by atoms with Crippen LogP contribution in [0.1, 0.15) is 22.3 Å². The van der Waals surface area contributed by atoms with Gasteiger partial charge in [0, 0.05) is 18.7 Å². The van der Waals surface area contributed by atoms with E-state index in [0.29, 0.717) is 21.2 Å². The molecule has 2 amide bonds. The normalized spacial score (nSPS) is 24.1.